The first kappa shape index (κ1) is 15.9. The highest BCUT2D eigenvalue weighted by Gasteiger charge is 2.16. The van der Waals surface area contributed by atoms with E-state index in [1.165, 1.54) is 6.26 Å². The molecule has 0 aliphatic rings. The van der Waals surface area contributed by atoms with E-state index in [2.05, 4.69) is 5.32 Å². The van der Waals surface area contributed by atoms with Crippen LogP contribution in [-0.2, 0) is 9.84 Å². The summed E-state index contributed by atoms with van der Waals surface area (Å²) in [7, 11) is -2.90. The van der Waals surface area contributed by atoms with Gasteiger partial charge in [0, 0.05) is 18.9 Å². The quantitative estimate of drug-likeness (QED) is 0.627. The predicted molar refractivity (Wildman–Crippen MR) is 67.3 cm³/mol. The highest BCUT2D eigenvalue weighted by molar-refractivity contribution is 7.90. The molecule has 98 valence electrons. The van der Waals surface area contributed by atoms with Crippen molar-refractivity contribution in [3.8, 4) is 0 Å². The molecule has 0 saturated heterocycles. The highest BCUT2D eigenvalue weighted by Crippen LogP contribution is 2.20. The second kappa shape index (κ2) is 6.57. The highest BCUT2D eigenvalue weighted by atomic mass is 32.2. The summed E-state index contributed by atoms with van der Waals surface area (Å²) >= 11 is 0. The standard InChI is InChI=1S/C11H25NO3S/c1-10(8-16(4,14)15)12-7-5-6-11(2,3)9-13/h10,12-13H,5-9H2,1-4H3. The normalized spacial score (nSPS) is 15.1. The molecule has 0 spiro atoms. The lowest BCUT2D eigenvalue weighted by Gasteiger charge is -2.22. The molecule has 0 amide bonds. The molecule has 1 atom stereocenters. The van der Waals surface area contributed by atoms with Crippen molar-refractivity contribution in [3.05, 3.63) is 0 Å². The Balaban J connectivity index is 3.68. The minimum absolute atomic E-state index is 0.00719. The van der Waals surface area contributed by atoms with E-state index in [0.717, 1.165) is 19.4 Å². The van der Waals surface area contributed by atoms with Crippen LogP contribution in [-0.4, -0.2) is 44.7 Å². The molecule has 1 unspecified atom stereocenters. The molecule has 0 aliphatic carbocycles. The van der Waals surface area contributed by atoms with E-state index >= 15 is 0 Å². The van der Waals surface area contributed by atoms with Gasteiger partial charge < -0.3 is 10.4 Å². The number of nitrogens with one attached hydrogen (secondary N) is 1. The fraction of sp³-hybridized carbons (Fsp3) is 1.00. The zero-order valence-electron chi connectivity index (χ0n) is 10.8. The van der Waals surface area contributed by atoms with E-state index in [1.807, 2.05) is 20.8 Å². The Morgan fingerprint density at radius 2 is 1.94 bits per heavy atom. The van der Waals surface area contributed by atoms with Crippen LogP contribution < -0.4 is 5.32 Å². The summed E-state index contributed by atoms with van der Waals surface area (Å²) in [4.78, 5) is 0. The van der Waals surface area contributed by atoms with Crippen LogP contribution in [0.5, 0.6) is 0 Å². The zero-order valence-corrected chi connectivity index (χ0v) is 11.6. The molecule has 0 radical (unpaired) electrons. The van der Waals surface area contributed by atoms with Crippen molar-refractivity contribution in [2.75, 3.05) is 25.2 Å². The van der Waals surface area contributed by atoms with Crippen molar-refractivity contribution in [1.82, 2.24) is 5.32 Å². The van der Waals surface area contributed by atoms with Gasteiger partial charge in [-0.1, -0.05) is 13.8 Å². The number of hydrogen-bond donors (Lipinski definition) is 2. The van der Waals surface area contributed by atoms with E-state index < -0.39 is 9.84 Å². The molecule has 4 nitrogen and oxygen atoms in total. The minimum Gasteiger partial charge on any atom is -0.396 e. The molecule has 2 N–H and O–H groups in total. The minimum atomic E-state index is -2.90. The van der Waals surface area contributed by atoms with E-state index in [9.17, 15) is 8.42 Å². The van der Waals surface area contributed by atoms with Gasteiger partial charge in [-0.2, -0.15) is 0 Å². The Kier molecular flexibility index (Phi) is 6.51. The number of rotatable bonds is 8. The SMILES string of the molecule is CC(CS(C)(=O)=O)NCCCC(C)(C)CO. The molecule has 16 heavy (non-hydrogen) atoms. The maximum atomic E-state index is 11.0. The summed E-state index contributed by atoms with van der Waals surface area (Å²) in [6.07, 6.45) is 3.13. The van der Waals surface area contributed by atoms with Crippen LogP contribution in [0.25, 0.3) is 0 Å². The van der Waals surface area contributed by atoms with Gasteiger partial charge in [0.25, 0.3) is 0 Å². The zero-order chi connectivity index (χ0) is 12.8. The Hall–Kier alpha value is -0.130. The molecule has 0 aliphatic heterocycles. The van der Waals surface area contributed by atoms with Crippen LogP contribution in [0.15, 0.2) is 0 Å². The molecular formula is C11H25NO3S. The fourth-order valence-corrected chi connectivity index (χ4v) is 2.53. The fourth-order valence-electron chi connectivity index (χ4n) is 1.51. The van der Waals surface area contributed by atoms with Crippen molar-refractivity contribution < 1.29 is 13.5 Å². The maximum absolute atomic E-state index is 11.0. The molecule has 5 heteroatoms. The predicted octanol–water partition coefficient (Wildman–Crippen LogP) is 0.808. The number of sulfone groups is 1. The van der Waals surface area contributed by atoms with Crippen molar-refractivity contribution in [1.29, 1.82) is 0 Å². The monoisotopic (exact) mass is 251 g/mol. The van der Waals surface area contributed by atoms with Crippen LogP contribution in [0.2, 0.25) is 0 Å². The summed E-state index contributed by atoms with van der Waals surface area (Å²) in [5.74, 6) is 0.177. The summed E-state index contributed by atoms with van der Waals surface area (Å²) in [6.45, 7) is 6.89. The van der Waals surface area contributed by atoms with E-state index in [4.69, 9.17) is 5.11 Å². The third-order valence-electron chi connectivity index (χ3n) is 2.50. The van der Waals surface area contributed by atoms with Gasteiger partial charge in [-0.05, 0) is 31.7 Å². The number of aliphatic hydroxyl groups excluding tert-OH is 1. The first-order valence-electron chi connectivity index (χ1n) is 5.68. The van der Waals surface area contributed by atoms with Gasteiger partial charge in [-0.3, -0.25) is 0 Å². The molecule has 0 aromatic heterocycles. The summed E-state index contributed by atoms with van der Waals surface area (Å²) < 4.78 is 22.0. The van der Waals surface area contributed by atoms with Crippen LogP contribution in [0.1, 0.15) is 33.6 Å². The molecule has 0 heterocycles. The van der Waals surface area contributed by atoms with Gasteiger partial charge in [0.15, 0.2) is 0 Å². The molecule has 0 rings (SSSR count). The number of aliphatic hydroxyl groups is 1. The Morgan fingerprint density at radius 3 is 2.38 bits per heavy atom. The van der Waals surface area contributed by atoms with Crippen molar-refractivity contribution in [2.24, 2.45) is 5.41 Å². The lowest BCUT2D eigenvalue weighted by atomic mass is 9.89. The van der Waals surface area contributed by atoms with Crippen molar-refractivity contribution >= 4 is 9.84 Å². The molecular weight excluding hydrogens is 226 g/mol. The largest absolute Gasteiger partial charge is 0.396 e. The molecule has 0 aromatic carbocycles. The Morgan fingerprint density at radius 1 is 1.38 bits per heavy atom. The molecule has 0 fully saturated rings. The van der Waals surface area contributed by atoms with Crippen LogP contribution in [0.4, 0.5) is 0 Å². The van der Waals surface area contributed by atoms with E-state index in [0.29, 0.717) is 0 Å². The lowest BCUT2D eigenvalue weighted by molar-refractivity contribution is 0.147. The van der Waals surface area contributed by atoms with Gasteiger partial charge in [-0.15, -0.1) is 0 Å². The number of hydrogen-bond acceptors (Lipinski definition) is 4. The Bertz CT molecular complexity index is 286. The second-order valence-electron chi connectivity index (χ2n) is 5.37. The average Bonchev–Trinajstić information content (AvgIpc) is 2.10. The molecule has 0 saturated carbocycles. The van der Waals surface area contributed by atoms with E-state index in [1.54, 1.807) is 0 Å². The van der Waals surface area contributed by atoms with Crippen LogP contribution in [0, 0.1) is 5.41 Å². The summed E-state index contributed by atoms with van der Waals surface area (Å²) in [5.41, 5.74) is -0.0399. The van der Waals surface area contributed by atoms with Crippen LogP contribution >= 0.6 is 0 Å². The first-order chi connectivity index (χ1) is 7.16. The lowest BCUT2D eigenvalue weighted by Crippen LogP contribution is -2.33. The Labute approximate surface area is 99.4 Å². The second-order valence-corrected chi connectivity index (χ2v) is 7.56. The van der Waals surface area contributed by atoms with Crippen molar-refractivity contribution in [3.63, 3.8) is 0 Å². The van der Waals surface area contributed by atoms with Gasteiger partial charge in [0.05, 0.1) is 5.75 Å². The first-order valence-corrected chi connectivity index (χ1v) is 7.74. The molecule has 0 bridgehead atoms. The molecule has 0 aromatic rings. The average molecular weight is 251 g/mol. The topological polar surface area (TPSA) is 66.4 Å². The van der Waals surface area contributed by atoms with Gasteiger partial charge in [-0.25, -0.2) is 8.42 Å². The third-order valence-corrected chi connectivity index (χ3v) is 3.61. The maximum Gasteiger partial charge on any atom is 0.148 e. The third kappa shape index (κ3) is 9.12. The van der Waals surface area contributed by atoms with Gasteiger partial charge >= 0.3 is 0 Å². The summed E-state index contributed by atoms with van der Waals surface area (Å²) in [6, 6.07) is -0.00719. The van der Waals surface area contributed by atoms with Crippen LogP contribution in [0.3, 0.4) is 0 Å². The van der Waals surface area contributed by atoms with Gasteiger partial charge in [0.1, 0.15) is 9.84 Å². The van der Waals surface area contributed by atoms with E-state index in [-0.39, 0.29) is 23.8 Å². The van der Waals surface area contributed by atoms with Gasteiger partial charge in [0.2, 0.25) is 0 Å². The van der Waals surface area contributed by atoms with Crippen molar-refractivity contribution in [2.45, 2.75) is 39.7 Å². The smallest absolute Gasteiger partial charge is 0.148 e. The summed E-state index contributed by atoms with van der Waals surface area (Å²) in [5, 5.41) is 12.2.